The van der Waals surface area contributed by atoms with Gasteiger partial charge in [-0.3, -0.25) is 4.79 Å². The van der Waals surface area contributed by atoms with Crippen LogP contribution in [-0.2, 0) is 4.79 Å². The van der Waals surface area contributed by atoms with E-state index in [9.17, 15) is 15.0 Å². The SMILES string of the molecule is C=C(C)[C@@H]1CC[C@]2(C(=O)O)CC[C@]3(C)C(CCC4[C@@]5(C)CC[C@@](O)(C(CC)(CC)CCCC)C(C)(C)C5CC[C@]43C)C12. The summed E-state index contributed by atoms with van der Waals surface area (Å²) in [5.74, 6) is 1.65. The van der Waals surface area contributed by atoms with Gasteiger partial charge in [0.25, 0.3) is 0 Å². The van der Waals surface area contributed by atoms with Crippen molar-refractivity contribution in [3.05, 3.63) is 12.2 Å². The van der Waals surface area contributed by atoms with Gasteiger partial charge in [-0.25, -0.2) is 0 Å². The van der Waals surface area contributed by atoms with Gasteiger partial charge in [-0.2, -0.15) is 0 Å². The van der Waals surface area contributed by atoms with Crippen molar-refractivity contribution in [3.63, 3.8) is 0 Å². The van der Waals surface area contributed by atoms with E-state index in [2.05, 4.69) is 68.9 Å². The highest BCUT2D eigenvalue weighted by molar-refractivity contribution is 5.76. The van der Waals surface area contributed by atoms with Crippen LogP contribution in [-0.4, -0.2) is 21.8 Å². The molecule has 2 N–H and O–H groups in total. The number of carboxylic acid groups (broad SMARTS) is 1. The van der Waals surface area contributed by atoms with Crippen LogP contribution in [0.15, 0.2) is 12.2 Å². The first kappa shape index (κ1) is 32.6. The highest BCUT2D eigenvalue weighted by Gasteiger charge is 2.74. The van der Waals surface area contributed by atoms with Crippen LogP contribution in [0.5, 0.6) is 0 Å². The Bertz CT molecular complexity index is 1070. The van der Waals surface area contributed by atoms with Gasteiger partial charge in [-0.15, -0.1) is 0 Å². The maximum atomic E-state index is 13.0. The van der Waals surface area contributed by atoms with E-state index in [1.165, 1.54) is 37.7 Å². The van der Waals surface area contributed by atoms with Crippen molar-refractivity contribution < 1.29 is 15.0 Å². The Morgan fingerprint density at radius 3 is 2.07 bits per heavy atom. The standard InChI is InChI=1S/C39H66O3/c1-11-14-19-37(12-2,13-3)39(42)25-22-34(8)29(33(39,6)7)18-20-36(10)30(34)16-15-28-31-27(26(4)5)17-21-38(31,32(40)41)24-23-35(28,36)9/h27-31,42H,4,11-25H2,1-3,5-10H3,(H,40,41)/t27-,28?,29?,30?,31?,34-,35+,36+,38-,39-/m0/s1. The van der Waals surface area contributed by atoms with Crippen LogP contribution in [0.1, 0.15) is 159 Å². The quantitative estimate of drug-likeness (QED) is 0.280. The molecule has 3 heteroatoms. The normalized spacial score (nSPS) is 48.0. The summed E-state index contributed by atoms with van der Waals surface area (Å²) in [7, 11) is 0. The van der Waals surface area contributed by atoms with Gasteiger partial charge in [0, 0.05) is 0 Å². The lowest BCUT2D eigenvalue weighted by Crippen LogP contribution is -2.71. The number of carbonyl (C=O) groups is 1. The van der Waals surface area contributed by atoms with E-state index >= 15 is 0 Å². The minimum absolute atomic E-state index is 0.0121. The molecule has 0 aromatic rings. The molecule has 0 aromatic carbocycles. The summed E-state index contributed by atoms with van der Waals surface area (Å²) >= 11 is 0. The number of carboxylic acids is 1. The molecule has 0 radical (unpaired) electrons. The molecule has 0 bridgehead atoms. The lowest BCUT2D eigenvalue weighted by molar-refractivity contribution is -0.289. The van der Waals surface area contributed by atoms with Crippen molar-refractivity contribution in [1.82, 2.24) is 0 Å². The molecule has 5 fully saturated rings. The van der Waals surface area contributed by atoms with Crippen molar-refractivity contribution in [1.29, 1.82) is 0 Å². The number of fused-ring (bicyclic) bond motifs is 7. The smallest absolute Gasteiger partial charge is 0.309 e. The Kier molecular flexibility index (Phi) is 8.02. The zero-order valence-corrected chi connectivity index (χ0v) is 29.0. The first-order valence-electron chi connectivity index (χ1n) is 18.1. The Morgan fingerprint density at radius 1 is 0.833 bits per heavy atom. The Labute approximate surface area is 259 Å². The molecule has 5 saturated carbocycles. The molecule has 42 heavy (non-hydrogen) atoms. The molecule has 3 nitrogen and oxygen atoms in total. The molecule has 10 atom stereocenters. The van der Waals surface area contributed by atoms with Crippen LogP contribution in [0.4, 0.5) is 0 Å². The van der Waals surface area contributed by atoms with Gasteiger partial charge in [-0.05, 0) is 147 Å². The molecule has 5 aliphatic rings. The van der Waals surface area contributed by atoms with E-state index in [0.29, 0.717) is 23.7 Å². The van der Waals surface area contributed by atoms with Crippen molar-refractivity contribution >= 4 is 5.97 Å². The number of aliphatic carboxylic acids is 1. The van der Waals surface area contributed by atoms with Crippen molar-refractivity contribution in [3.8, 4) is 0 Å². The Morgan fingerprint density at radius 2 is 1.50 bits per heavy atom. The molecule has 5 aliphatic carbocycles. The molecule has 240 valence electrons. The first-order valence-corrected chi connectivity index (χ1v) is 18.1. The summed E-state index contributed by atoms with van der Waals surface area (Å²) < 4.78 is 0. The first-order chi connectivity index (χ1) is 19.5. The fraction of sp³-hybridized carbons (Fsp3) is 0.923. The third-order valence-corrected chi connectivity index (χ3v) is 17.0. The largest absolute Gasteiger partial charge is 0.481 e. The fourth-order valence-electron chi connectivity index (χ4n) is 14.3. The van der Waals surface area contributed by atoms with Crippen LogP contribution in [0, 0.1) is 62.1 Å². The van der Waals surface area contributed by atoms with Crippen LogP contribution >= 0.6 is 0 Å². The summed E-state index contributed by atoms with van der Waals surface area (Å²) in [4.78, 5) is 13.0. The number of rotatable bonds is 8. The van der Waals surface area contributed by atoms with E-state index in [-0.39, 0.29) is 33.0 Å². The van der Waals surface area contributed by atoms with Gasteiger partial charge in [0.05, 0.1) is 11.0 Å². The second kappa shape index (κ2) is 10.3. The lowest BCUT2D eigenvalue weighted by atomic mass is 9.30. The topological polar surface area (TPSA) is 57.5 Å². The second-order valence-electron chi connectivity index (χ2n) is 17.8. The van der Waals surface area contributed by atoms with E-state index in [1.54, 1.807) is 0 Å². The average Bonchev–Trinajstić information content (AvgIpc) is 3.34. The Hall–Kier alpha value is -0.830. The van der Waals surface area contributed by atoms with Crippen molar-refractivity contribution in [2.45, 2.75) is 164 Å². The molecule has 0 spiro atoms. The van der Waals surface area contributed by atoms with E-state index in [4.69, 9.17) is 0 Å². The molecular weight excluding hydrogens is 516 g/mol. The monoisotopic (exact) mass is 583 g/mol. The summed E-state index contributed by atoms with van der Waals surface area (Å²) in [6, 6.07) is 0. The maximum absolute atomic E-state index is 13.0. The van der Waals surface area contributed by atoms with Gasteiger partial charge < -0.3 is 10.2 Å². The van der Waals surface area contributed by atoms with E-state index in [1.807, 2.05) is 0 Å². The Balaban J connectivity index is 1.53. The zero-order valence-electron chi connectivity index (χ0n) is 29.0. The fourth-order valence-corrected chi connectivity index (χ4v) is 14.3. The minimum Gasteiger partial charge on any atom is -0.481 e. The maximum Gasteiger partial charge on any atom is 0.309 e. The van der Waals surface area contributed by atoms with Crippen LogP contribution in [0.25, 0.3) is 0 Å². The zero-order chi connectivity index (χ0) is 31.1. The summed E-state index contributed by atoms with van der Waals surface area (Å²) in [6.07, 6.45) is 16.2. The number of hydrogen-bond donors (Lipinski definition) is 2. The minimum atomic E-state index is -0.637. The summed E-state index contributed by atoms with van der Waals surface area (Å²) in [6.45, 7) is 26.3. The van der Waals surface area contributed by atoms with Gasteiger partial charge in [-0.1, -0.05) is 80.4 Å². The number of allylic oxidation sites excluding steroid dienone is 1. The molecule has 5 rings (SSSR count). The third kappa shape index (κ3) is 3.82. The molecular formula is C39H66O3. The molecule has 0 aromatic heterocycles. The van der Waals surface area contributed by atoms with E-state index < -0.39 is 17.0 Å². The average molecular weight is 583 g/mol. The lowest BCUT2D eigenvalue weighted by Gasteiger charge is -2.74. The molecule has 0 heterocycles. The second-order valence-corrected chi connectivity index (χ2v) is 17.8. The predicted octanol–water partition coefficient (Wildman–Crippen LogP) is 10.5. The number of unbranched alkanes of at least 4 members (excludes halogenated alkanes) is 1. The van der Waals surface area contributed by atoms with Crippen molar-refractivity contribution in [2.24, 2.45) is 62.1 Å². The third-order valence-electron chi connectivity index (χ3n) is 17.0. The number of hydrogen-bond acceptors (Lipinski definition) is 2. The van der Waals surface area contributed by atoms with Gasteiger partial charge >= 0.3 is 5.97 Å². The summed E-state index contributed by atoms with van der Waals surface area (Å²) in [5, 5.41) is 23.7. The van der Waals surface area contributed by atoms with Gasteiger partial charge in [0.2, 0.25) is 0 Å². The van der Waals surface area contributed by atoms with E-state index in [0.717, 1.165) is 64.2 Å². The van der Waals surface area contributed by atoms with Crippen LogP contribution in [0.2, 0.25) is 0 Å². The molecule has 0 amide bonds. The predicted molar refractivity (Wildman–Crippen MR) is 174 cm³/mol. The number of aliphatic hydroxyl groups is 1. The van der Waals surface area contributed by atoms with Gasteiger partial charge in [0.1, 0.15) is 0 Å². The highest BCUT2D eigenvalue weighted by Crippen LogP contribution is 2.79. The highest BCUT2D eigenvalue weighted by atomic mass is 16.4. The summed E-state index contributed by atoms with van der Waals surface area (Å²) in [5.41, 5.74) is 0.435. The molecule has 0 saturated heterocycles. The van der Waals surface area contributed by atoms with Gasteiger partial charge in [0.15, 0.2) is 0 Å². The van der Waals surface area contributed by atoms with Crippen LogP contribution in [0.3, 0.4) is 0 Å². The van der Waals surface area contributed by atoms with Crippen molar-refractivity contribution in [2.75, 3.05) is 0 Å². The van der Waals surface area contributed by atoms with Crippen LogP contribution < -0.4 is 0 Å². The molecule has 0 aliphatic heterocycles. The molecule has 4 unspecified atom stereocenters.